The maximum Gasteiger partial charge on any atom is 0.224 e. The van der Waals surface area contributed by atoms with Crippen LogP contribution in [0.25, 0.3) is 0 Å². The van der Waals surface area contributed by atoms with Gasteiger partial charge in [0.1, 0.15) is 0 Å². The van der Waals surface area contributed by atoms with E-state index in [9.17, 15) is 14.4 Å². The van der Waals surface area contributed by atoms with Crippen LogP contribution in [-0.2, 0) is 14.4 Å². The van der Waals surface area contributed by atoms with Crippen molar-refractivity contribution < 1.29 is 14.4 Å². The standard InChI is InChI=1S/C19H32N4O3/c1-13(24)22-7-9-23(10-8-22)17(25)5-6-21-19(26)16-11-14-3-2-4-15(12-16)18(14)20/h14-16,18H,2-12,20H2,1H3,(H,21,26). The molecule has 0 aromatic rings. The summed E-state index contributed by atoms with van der Waals surface area (Å²) in [7, 11) is 0. The van der Waals surface area contributed by atoms with Crippen LogP contribution in [0.2, 0.25) is 0 Å². The zero-order valence-corrected chi connectivity index (χ0v) is 15.8. The van der Waals surface area contributed by atoms with Gasteiger partial charge in [0.2, 0.25) is 17.7 Å². The largest absolute Gasteiger partial charge is 0.355 e. The Labute approximate surface area is 155 Å². The van der Waals surface area contributed by atoms with Crippen molar-refractivity contribution in [2.75, 3.05) is 32.7 Å². The Bertz CT molecular complexity index is 531. The van der Waals surface area contributed by atoms with Crippen LogP contribution in [0.3, 0.4) is 0 Å². The predicted octanol–water partition coefficient (Wildman–Crippen LogP) is 0.337. The highest BCUT2D eigenvalue weighted by Crippen LogP contribution is 2.41. The molecule has 3 aliphatic rings. The first kappa shape index (κ1) is 19.1. The van der Waals surface area contributed by atoms with Crippen molar-refractivity contribution >= 4 is 17.7 Å². The lowest BCUT2D eigenvalue weighted by Crippen LogP contribution is -2.51. The molecule has 2 unspecified atom stereocenters. The van der Waals surface area contributed by atoms with E-state index >= 15 is 0 Å². The number of carbonyl (C=O) groups is 3. The minimum absolute atomic E-state index is 0.0519. The second-order valence-electron chi connectivity index (χ2n) is 8.12. The van der Waals surface area contributed by atoms with Crippen molar-refractivity contribution in [2.24, 2.45) is 23.5 Å². The summed E-state index contributed by atoms with van der Waals surface area (Å²) < 4.78 is 0. The van der Waals surface area contributed by atoms with Gasteiger partial charge >= 0.3 is 0 Å². The van der Waals surface area contributed by atoms with E-state index in [2.05, 4.69) is 5.32 Å². The molecule has 0 radical (unpaired) electrons. The van der Waals surface area contributed by atoms with Crippen LogP contribution in [0.4, 0.5) is 0 Å². The first-order valence-electron chi connectivity index (χ1n) is 10.0. The van der Waals surface area contributed by atoms with Crippen LogP contribution < -0.4 is 11.1 Å². The van der Waals surface area contributed by atoms with Gasteiger partial charge in [-0.1, -0.05) is 6.42 Å². The molecule has 1 saturated heterocycles. The minimum Gasteiger partial charge on any atom is -0.355 e. The second-order valence-corrected chi connectivity index (χ2v) is 8.12. The third-order valence-electron chi connectivity index (χ3n) is 6.50. The zero-order chi connectivity index (χ0) is 18.7. The fourth-order valence-corrected chi connectivity index (χ4v) is 4.87. The summed E-state index contributed by atoms with van der Waals surface area (Å²) in [5.41, 5.74) is 6.29. The molecule has 1 aliphatic heterocycles. The fraction of sp³-hybridized carbons (Fsp3) is 0.842. The highest BCUT2D eigenvalue weighted by molar-refractivity contribution is 5.81. The minimum atomic E-state index is 0.0519. The molecule has 2 atom stereocenters. The Morgan fingerprint density at radius 2 is 1.58 bits per heavy atom. The van der Waals surface area contributed by atoms with Gasteiger partial charge in [0.05, 0.1) is 0 Å². The quantitative estimate of drug-likeness (QED) is 0.752. The molecule has 2 bridgehead atoms. The second kappa shape index (κ2) is 8.37. The molecule has 146 valence electrons. The average Bonchev–Trinajstić information content (AvgIpc) is 2.61. The topological polar surface area (TPSA) is 95.7 Å². The summed E-state index contributed by atoms with van der Waals surface area (Å²) >= 11 is 0. The van der Waals surface area contributed by atoms with Gasteiger partial charge in [0.15, 0.2) is 0 Å². The summed E-state index contributed by atoms with van der Waals surface area (Å²) in [6.07, 6.45) is 5.64. The van der Waals surface area contributed by atoms with Crippen molar-refractivity contribution in [2.45, 2.75) is 51.5 Å². The Kier molecular flexibility index (Phi) is 6.16. The molecule has 7 nitrogen and oxygen atoms in total. The van der Waals surface area contributed by atoms with Gasteiger partial charge < -0.3 is 20.9 Å². The molecule has 7 heteroatoms. The molecule has 3 N–H and O–H groups in total. The van der Waals surface area contributed by atoms with Gasteiger partial charge in [-0.3, -0.25) is 14.4 Å². The normalized spacial score (nSPS) is 31.5. The van der Waals surface area contributed by atoms with Crippen molar-refractivity contribution in [3.05, 3.63) is 0 Å². The smallest absolute Gasteiger partial charge is 0.224 e. The van der Waals surface area contributed by atoms with Gasteiger partial charge in [-0.25, -0.2) is 0 Å². The predicted molar refractivity (Wildman–Crippen MR) is 98.0 cm³/mol. The van der Waals surface area contributed by atoms with E-state index in [4.69, 9.17) is 5.73 Å². The van der Waals surface area contributed by atoms with Gasteiger partial charge in [0, 0.05) is 58.0 Å². The number of piperazine rings is 1. The third kappa shape index (κ3) is 4.37. The van der Waals surface area contributed by atoms with Crippen molar-refractivity contribution in [1.82, 2.24) is 15.1 Å². The van der Waals surface area contributed by atoms with Gasteiger partial charge in [0.25, 0.3) is 0 Å². The van der Waals surface area contributed by atoms with E-state index in [0.29, 0.717) is 51.0 Å². The highest BCUT2D eigenvalue weighted by Gasteiger charge is 2.40. The number of fused-ring (bicyclic) bond motifs is 2. The summed E-state index contributed by atoms with van der Waals surface area (Å²) in [6.45, 7) is 4.30. The lowest BCUT2D eigenvalue weighted by atomic mass is 9.65. The molecule has 0 aromatic heterocycles. The summed E-state index contributed by atoms with van der Waals surface area (Å²) in [4.78, 5) is 39.7. The van der Waals surface area contributed by atoms with E-state index in [-0.39, 0.29) is 29.7 Å². The molecule has 0 aromatic carbocycles. The van der Waals surface area contributed by atoms with Gasteiger partial charge in [-0.15, -0.1) is 0 Å². The monoisotopic (exact) mass is 364 g/mol. The third-order valence-corrected chi connectivity index (χ3v) is 6.50. The number of amides is 3. The number of rotatable bonds is 4. The maximum atomic E-state index is 12.5. The molecule has 3 fully saturated rings. The summed E-state index contributed by atoms with van der Waals surface area (Å²) in [5.74, 6) is 1.22. The van der Waals surface area contributed by atoms with E-state index in [1.807, 2.05) is 0 Å². The molecule has 0 spiro atoms. The summed E-state index contributed by atoms with van der Waals surface area (Å²) in [5, 5.41) is 2.96. The van der Waals surface area contributed by atoms with Crippen LogP contribution in [0, 0.1) is 17.8 Å². The van der Waals surface area contributed by atoms with E-state index in [0.717, 1.165) is 25.7 Å². The first-order chi connectivity index (χ1) is 12.5. The number of hydrogen-bond donors (Lipinski definition) is 2. The molecular weight excluding hydrogens is 332 g/mol. The van der Waals surface area contributed by atoms with Crippen LogP contribution >= 0.6 is 0 Å². The number of hydrogen-bond acceptors (Lipinski definition) is 4. The molecule has 2 saturated carbocycles. The summed E-state index contributed by atoms with van der Waals surface area (Å²) in [6, 6.07) is 0.267. The van der Waals surface area contributed by atoms with E-state index in [1.165, 1.54) is 6.42 Å². The Morgan fingerprint density at radius 3 is 2.15 bits per heavy atom. The van der Waals surface area contributed by atoms with Gasteiger partial charge in [-0.2, -0.15) is 0 Å². The average molecular weight is 364 g/mol. The van der Waals surface area contributed by atoms with Crippen LogP contribution in [0.15, 0.2) is 0 Å². The number of nitrogens with two attached hydrogens (primary N) is 1. The van der Waals surface area contributed by atoms with E-state index < -0.39 is 0 Å². The van der Waals surface area contributed by atoms with E-state index in [1.54, 1.807) is 16.7 Å². The number of carbonyl (C=O) groups excluding carboxylic acids is 3. The molecule has 1 heterocycles. The molecule has 3 amide bonds. The lowest BCUT2D eigenvalue weighted by Gasteiger charge is -2.43. The maximum absolute atomic E-state index is 12.5. The SMILES string of the molecule is CC(=O)N1CCN(C(=O)CCNC(=O)C2CC3CCCC(C2)C3N)CC1. The van der Waals surface area contributed by atoms with Crippen molar-refractivity contribution in [3.63, 3.8) is 0 Å². The van der Waals surface area contributed by atoms with Crippen molar-refractivity contribution in [1.29, 1.82) is 0 Å². The van der Waals surface area contributed by atoms with Crippen LogP contribution in [-0.4, -0.2) is 66.3 Å². The van der Waals surface area contributed by atoms with Crippen LogP contribution in [0.5, 0.6) is 0 Å². The number of nitrogens with one attached hydrogen (secondary N) is 1. The number of nitrogens with zero attached hydrogens (tertiary/aromatic N) is 2. The fourth-order valence-electron chi connectivity index (χ4n) is 4.87. The zero-order valence-electron chi connectivity index (χ0n) is 15.8. The highest BCUT2D eigenvalue weighted by atomic mass is 16.2. The Balaban J connectivity index is 1.37. The lowest BCUT2D eigenvalue weighted by molar-refractivity contribution is -0.138. The van der Waals surface area contributed by atoms with Crippen LogP contribution in [0.1, 0.15) is 45.4 Å². The molecular formula is C19H32N4O3. The molecule has 2 aliphatic carbocycles. The first-order valence-corrected chi connectivity index (χ1v) is 10.0. The Morgan fingerprint density at radius 1 is 1.00 bits per heavy atom. The molecule has 3 rings (SSSR count). The van der Waals surface area contributed by atoms with Gasteiger partial charge in [-0.05, 0) is 37.5 Å². The Hall–Kier alpha value is -1.63. The van der Waals surface area contributed by atoms with Crippen molar-refractivity contribution in [3.8, 4) is 0 Å². The molecule has 26 heavy (non-hydrogen) atoms.